The Labute approximate surface area is 288 Å². The monoisotopic (exact) mass is 691 g/mol. The first kappa shape index (κ1) is 38.7. The Balaban J connectivity index is 1.72. The third-order valence-electron chi connectivity index (χ3n) is 10.9. The van der Waals surface area contributed by atoms with Crippen LogP contribution in [0, 0.1) is 47.3 Å². The number of ketones is 2. The van der Waals surface area contributed by atoms with E-state index >= 15 is 0 Å². The molecule has 5 bridgehead atoms. The van der Waals surface area contributed by atoms with E-state index in [1.165, 1.54) is 27.2 Å². The number of esters is 1. The molecule has 13 heteroatoms. The molecule has 4 heterocycles. The minimum atomic E-state index is -1.81. The Bertz CT molecular complexity index is 1340. The van der Waals surface area contributed by atoms with E-state index in [-0.39, 0.29) is 5.88 Å². The van der Waals surface area contributed by atoms with Crippen molar-refractivity contribution >= 4 is 23.4 Å². The van der Waals surface area contributed by atoms with Crippen molar-refractivity contribution in [3.63, 3.8) is 0 Å². The third-order valence-corrected chi connectivity index (χ3v) is 10.9. The lowest BCUT2D eigenvalue weighted by Crippen LogP contribution is -2.59. The number of allylic oxidation sites excluding steroid dienone is 2. The predicted octanol–water partition coefficient (Wildman–Crippen LogP) is 2.18. The van der Waals surface area contributed by atoms with Gasteiger partial charge in [-0.05, 0) is 12.5 Å². The van der Waals surface area contributed by atoms with Gasteiger partial charge in [0.2, 0.25) is 11.7 Å². The summed E-state index contributed by atoms with van der Waals surface area (Å²) >= 11 is 0. The van der Waals surface area contributed by atoms with Gasteiger partial charge in [-0.2, -0.15) is 0 Å². The molecule has 49 heavy (non-hydrogen) atoms. The highest BCUT2D eigenvalue weighted by molar-refractivity contribution is 6.01. The fourth-order valence-electron chi connectivity index (χ4n) is 7.70. The molecule has 0 radical (unpaired) electrons. The number of aliphatic hydroxyl groups is 3. The Hall–Kier alpha value is -3.10. The minimum absolute atomic E-state index is 0.105. The standard InChI is InChI=1S/C36H53NO12/c1-16-11-10-12-17(2)35(44)37-25-15-23(39)26-27-32(21(6)30(42)33(26)48-25)49-36(8,34(27)43)46-14-13-24(45-9)18(3)31(47-22(7)38)20(5)29(41)19(4)28(16)40/h10-11,13-21,24,26-33,40-42H,12H2,1-9H3,(H,37,44)/b11-10-,14-13-/t16-,17?,18+,19+,20+,21?,24-,26?,27?,28-,29+,30?,31+,32?,33?,36-/m0/s1. The average Bonchev–Trinajstić information content (AvgIpc) is 3.31. The Morgan fingerprint density at radius 2 is 1.57 bits per heavy atom. The highest BCUT2D eigenvalue weighted by atomic mass is 16.7. The number of carbonyl (C=O) groups excluding carboxylic acids is 4. The number of amides is 1. The van der Waals surface area contributed by atoms with Crippen LogP contribution in [0.3, 0.4) is 0 Å². The molecule has 1 amide bonds. The zero-order chi connectivity index (χ0) is 36.5. The fraction of sp³-hybridized carbons (Fsp3) is 0.722. The van der Waals surface area contributed by atoms with E-state index in [0.717, 1.165) is 6.08 Å². The topological polar surface area (TPSA) is 187 Å². The average molecular weight is 692 g/mol. The summed E-state index contributed by atoms with van der Waals surface area (Å²) in [5.74, 6) is -9.29. The number of aliphatic hydroxyl groups excluding tert-OH is 3. The number of carbonyl (C=O) groups is 4. The molecular weight excluding hydrogens is 638 g/mol. The van der Waals surface area contributed by atoms with Crippen molar-refractivity contribution in [2.24, 2.45) is 47.3 Å². The number of rotatable bonds is 2. The van der Waals surface area contributed by atoms with Gasteiger partial charge >= 0.3 is 5.97 Å². The fourth-order valence-corrected chi connectivity index (χ4v) is 7.70. The van der Waals surface area contributed by atoms with Crippen LogP contribution in [0.5, 0.6) is 0 Å². The molecule has 0 spiro atoms. The van der Waals surface area contributed by atoms with Crippen LogP contribution in [0.4, 0.5) is 0 Å². The molecule has 1 saturated carbocycles. The number of hydrogen-bond acceptors (Lipinski definition) is 12. The Kier molecular flexibility index (Phi) is 12.2. The van der Waals surface area contributed by atoms with Crippen LogP contribution in [0.1, 0.15) is 61.8 Å². The zero-order valence-electron chi connectivity index (χ0n) is 29.8. The molecule has 0 aromatic carbocycles. The van der Waals surface area contributed by atoms with Crippen LogP contribution >= 0.6 is 0 Å². The second-order valence-electron chi connectivity index (χ2n) is 14.5. The normalized spacial score (nSPS) is 46.5. The second kappa shape index (κ2) is 15.4. The first-order valence-corrected chi connectivity index (χ1v) is 17.1. The molecular formula is C36H53NO12. The van der Waals surface area contributed by atoms with E-state index in [2.05, 4.69) is 5.32 Å². The molecule has 4 aliphatic heterocycles. The first-order valence-electron chi connectivity index (χ1n) is 17.1. The summed E-state index contributed by atoms with van der Waals surface area (Å²) in [7, 11) is 1.46. The Morgan fingerprint density at radius 1 is 0.898 bits per heavy atom. The quantitative estimate of drug-likeness (QED) is 0.245. The van der Waals surface area contributed by atoms with Crippen LogP contribution in [-0.2, 0) is 42.9 Å². The number of Topliss-reactive ketones (excluding diaryl/α,β-unsaturated/α-hetero) is 1. The molecule has 0 aromatic rings. The lowest BCUT2D eigenvalue weighted by atomic mass is 9.66. The molecule has 16 atom stereocenters. The van der Waals surface area contributed by atoms with Crippen molar-refractivity contribution in [2.75, 3.05) is 7.11 Å². The molecule has 13 nitrogen and oxygen atoms in total. The van der Waals surface area contributed by atoms with Gasteiger partial charge in [0, 0.05) is 62.5 Å². The summed E-state index contributed by atoms with van der Waals surface area (Å²) in [5, 5.41) is 36.5. The third kappa shape index (κ3) is 7.80. The summed E-state index contributed by atoms with van der Waals surface area (Å²) in [6.07, 6.45) is 1.03. The van der Waals surface area contributed by atoms with Crippen molar-refractivity contribution in [2.45, 2.75) is 110 Å². The molecule has 5 rings (SSSR count). The number of methoxy groups -OCH3 is 1. The van der Waals surface area contributed by atoms with Gasteiger partial charge < -0.3 is 39.0 Å². The Morgan fingerprint density at radius 3 is 2.20 bits per heavy atom. The van der Waals surface area contributed by atoms with Gasteiger partial charge in [0.25, 0.3) is 5.79 Å². The van der Waals surface area contributed by atoms with Gasteiger partial charge in [0.15, 0.2) is 11.7 Å². The lowest BCUT2D eigenvalue weighted by molar-refractivity contribution is -0.213. The van der Waals surface area contributed by atoms with Crippen LogP contribution in [0.15, 0.2) is 36.4 Å². The van der Waals surface area contributed by atoms with Gasteiger partial charge in [-0.1, -0.05) is 53.7 Å². The number of hydrogen-bond donors (Lipinski definition) is 4. The van der Waals surface area contributed by atoms with E-state index in [1.807, 2.05) is 0 Å². The van der Waals surface area contributed by atoms with Gasteiger partial charge in [-0.25, -0.2) is 0 Å². The molecule has 1 saturated heterocycles. The van der Waals surface area contributed by atoms with E-state index in [0.29, 0.717) is 6.42 Å². The highest BCUT2D eigenvalue weighted by Gasteiger charge is 2.65. The summed E-state index contributed by atoms with van der Waals surface area (Å²) in [6, 6.07) is 0. The predicted molar refractivity (Wildman–Crippen MR) is 175 cm³/mol. The van der Waals surface area contributed by atoms with Gasteiger partial charge in [-0.3, -0.25) is 24.5 Å². The number of fused-ring (bicyclic) bond motifs is 15. The molecule has 1 aliphatic carbocycles. The molecule has 2 fully saturated rings. The lowest BCUT2D eigenvalue weighted by Gasteiger charge is -2.45. The highest BCUT2D eigenvalue weighted by Crippen LogP contribution is 2.49. The van der Waals surface area contributed by atoms with E-state index in [4.69, 9.17) is 23.7 Å². The maximum Gasteiger partial charge on any atom is 0.302 e. The summed E-state index contributed by atoms with van der Waals surface area (Å²) in [5.41, 5.74) is 0. The van der Waals surface area contributed by atoms with E-state index in [1.54, 1.807) is 59.8 Å². The van der Waals surface area contributed by atoms with E-state index in [9.17, 15) is 34.5 Å². The van der Waals surface area contributed by atoms with Crippen LogP contribution in [0.2, 0.25) is 0 Å². The smallest absolute Gasteiger partial charge is 0.302 e. The minimum Gasteiger partial charge on any atom is -0.472 e. The molecule has 5 aliphatic rings. The van der Waals surface area contributed by atoms with Crippen LogP contribution in [-0.4, -0.2) is 94.4 Å². The number of ether oxygens (including phenoxy) is 5. The van der Waals surface area contributed by atoms with Crippen molar-refractivity contribution in [1.82, 2.24) is 5.32 Å². The maximum atomic E-state index is 13.9. The molecule has 7 unspecified atom stereocenters. The van der Waals surface area contributed by atoms with E-state index < -0.39 is 119 Å². The van der Waals surface area contributed by atoms with Crippen molar-refractivity contribution in [3.8, 4) is 0 Å². The van der Waals surface area contributed by atoms with Crippen molar-refractivity contribution in [1.29, 1.82) is 0 Å². The maximum absolute atomic E-state index is 13.9. The summed E-state index contributed by atoms with van der Waals surface area (Å²) in [4.78, 5) is 52.8. The first-order chi connectivity index (χ1) is 22.9. The van der Waals surface area contributed by atoms with Crippen molar-refractivity contribution in [3.05, 3.63) is 36.4 Å². The van der Waals surface area contributed by atoms with Crippen LogP contribution in [0.25, 0.3) is 0 Å². The summed E-state index contributed by atoms with van der Waals surface area (Å²) in [6.45, 7) is 13.2. The summed E-state index contributed by atoms with van der Waals surface area (Å²) < 4.78 is 29.5. The van der Waals surface area contributed by atoms with Gasteiger partial charge in [0.05, 0.1) is 48.6 Å². The number of nitrogens with one attached hydrogen (secondary N) is 1. The van der Waals surface area contributed by atoms with Crippen LogP contribution < -0.4 is 5.32 Å². The van der Waals surface area contributed by atoms with Gasteiger partial charge in [-0.15, -0.1) is 0 Å². The van der Waals surface area contributed by atoms with Crippen molar-refractivity contribution < 1.29 is 58.2 Å². The van der Waals surface area contributed by atoms with Gasteiger partial charge in [0.1, 0.15) is 12.2 Å². The molecule has 274 valence electrons. The molecule has 0 aromatic heterocycles. The second-order valence-corrected chi connectivity index (χ2v) is 14.5. The zero-order valence-corrected chi connectivity index (χ0v) is 29.8. The largest absolute Gasteiger partial charge is 0.472 e. The SMILES string of the molecule is CO[C@H]1/C=C\O[C@@]2(C)OC3C(C)C(O)C4OC(=CC(=O)C4C3C2=O)NC(=O)C(C)C/C=C\[C@H](C)[C@H](O)[C@@H](C)[C@@H](O)[C@@H](C)[C@H](OC(C)=O)[C@@H]1C. The molecule has 4 N–H and O–H groups in total.